The number of hydrogen-bond acceptors (Lipinski definition) is 1. The van der Waals surface area contributed by atoms with Gasteiger partial charge in [-0.3, -0.25) is 0 Å². The van der Waals surface area contributed by atoms with Crippen molar-refractivity contribution in [2.75, 3.05) is 0 Å². The predicted octanol–water partition coefficient (Wildman–Crippen LogP) is 3.87. The Hall–Kier alpha value is 0.0300. The summed E-state index contributed by atoms with van der Waals surface area (Å²) in [4.78, 5) is 10.0. The van der Waals surface area contributed by atoms with E-state index < -0.39 is 5.41 Å². The van der Waals surface area contributed by atoms with Crippen LogP contribution < -0.4 is 0 Å². The number of carbonyl (C=O) groups excluding carboxylic acids is 1. The summed E-state index contributed by atoms with van der Waals surface area (Å²) in [5, 5.41) is -1.07. The Morgan fingerprint density at radius 2 is 1.86 bits per heavy atom. The lowest BCUT2D eigenvalue weighted by molar-refractivity contribution is -0.107. The van der Waals surface area contributed by atoms with Gasteiger partial charge in [0.05, 0.1) is 0 Å². The molecule has 3 heteroatoms. The third kappa shape index (κ3) is 8.62. The summed E-state index contributed by atoms with van der Waals surface area (Å²) < 4.78 is 13.7. The molecule has 0 saturated carbocycles. The predicted molar refractivity (Wildman–Crippen MR) is 62.2 cm³/mol. The largest absolute Gasteiger partial charge is 0.303 e. The van der Waals surface area contributed by atoms with Gasteiger partial charge in [-0.25, -0.2) is 4.39 Å². The van der Waals surface area contributed by atoms with Crippen molar-refractivity contribution in [1.82, 2.24) is 0 Å². The molecule has 1 nitrogen and oxygen atoms in total. The molecule has 0 radical (unpaired) electrons. The second-order valence-corrected chi connectivity index (χ2v) is 4.94. The molecule has 0 saturated heterocycles. The van der Waals surface area contributed by atoms with Crippen molar-refractivity contribution < 1.29 is 9.18 Å². The molecule has 0 aromatic rings. The van der Waals surface area contributed by atoms with Crippen LogP contribution in [0.1, 0.15) is 58.3 Å². The molecule has 0 amide bonds. The number of halogens is 1. The van der Waals surface area contributed by atoms with Crippen LogP contribution in [0.15, 0.2) is 0 Å². The van der Waals surface area contributed by atoms with Crippen LogP contribution in [0.4, 0.5) is 4.39 Å². The van der Waals surface area contributed by atoms with E-state index in [1.54, 1.807) is 0 Å². The minimum Gasteiger partial charge on any atom is -0.303 e. The van der Waals surface area contributed by atoms with Crippen molar-refractivity contribution in [2.45, 2.75) is 63.7 Å². The maximum Gasteiger partial charge on any atom is 0.123 e. The Morgan fingerprint density at radius 1 is 1.21 bits per heavy atom. The van der Waals surface area contributed by atoms with E-state index in [9.17, 15) is 9.18 Å². The van der Waals surface area contributed by atoms with Crippen LogP contribution in [-0.4, -0.2) is 11.7 Å². The molecule has 84 valence electrons. The first-order valence-electron chi connectivity index (χ1n) is 5.54. The van der Waals surface area contributed by atoms with Gasteiger partial charge >= 0.3 is 0 Å². The smallest absolute Gasteiger partial charge is 0.123 e. The monoisotopic (exact) mass is 220 g/mol. The van der Waals surface area contributed by atoms with Crippen molar-refractivity contribution in [3.05, 3.63) is 0 Å². The van der Waals surface area contributed by atoms with Crippen molar-refractivity contribution in [3.8, 4) is 0 Å². The van der Waals surface area contributed by atoms with Gasteiger partial charge in [0.15, 0.2) is 0 Å². The zero-order chi connectivity index (χ0) is 10.9. The van der Waals surface area contributed by atoms with Crippen molar-refractivity contribution >= 4 is 15.5 Å². The lowest BCUT2D eigenvalue weighted by atomic mass is 10.1. The summed E-state index contributed by atoms with van der Waals surface area (Å²) in [6.45, 7) is 2.07. The summed E-state index contributed by atoms with van der Waals surface area (Å²) in [5.41, 5.74) is 0. The molecule has 0 aliphatic carbocycles. The molecule has 0 rings (SSSR count). The van der Waals surface area contributed by atoms with Gasteiger partial charge in [-0.1, -0.05) is 35.4 Å². The van der Waals surface area contributed by atoms with Gasteiger partial charge in [-0.2, -0.15) is 0 Å². The Morgan fingerprint density at radius 3 is 2.43 bits per heavy atom. The molecule has 0 N–H and O–H groups in total. The Bertz CT molecular complexity index is 148. The van der Waals surface area contributed by atoms with Gasteiger partial charge in [-0.05, 0) is 25.7 Å². The Labute approximate surface area is 89.0 Å². The van der Waals surface area contributed by atoms with Crippen LogP contribution in [0.3, 0.4) is 0 Å². The summed E-state index contributed by atoms with van der Waals surface area (Å²) in [5.74, 6) is 0. The average Bonchev–Trinajstić information content (AvgIpc) is 2.15. The lowest BCUT2D eigenvalue weighted by Crippen LogP contribution is -2.12. The highest BCUT2D eigenvalue weighted by atomic mass is 31.0. The molecule has 14 heavy (non-hydrogen) atoms. The average molecular weight is 220 g/mol. The SMILES string of the molecule is CCCCC(F)(P)CCCCCC=O. The van der Waals surface area contributed by atoms with E-state index in [0.29, 0.717) is 19.3 Å². The van der Waals surface area contributed by atoms with Crippen LogP contribution in [0.2, 0.25) is 0 Å². The summed E-state index contributed by atoms with van der Waals surface area (Å²) in [6.07, 6.45) is 7.55. The van der Waals surface area contributed by atoms with Crippen molar-refractivity contribution in [3.63, 3.8) is 0 Å². The van der Waals surface area contributed by atoms with Crippen LogP contribution in [0, 0.1) is 0 Å². The van der Waals surface area contributed by atoms with E-state index in [1.807, 2.05) is 0 Å². The van der Waals surface area contributed by atoms with Gasteiger partial charge in [-0.15, -0.1) is 0 Å². The molecule has 2 atom stereocenters. The highest BCUT2D eigenvalue weighted by molar-refractivity contribution is 7.18. The van der Waals surface area contributed by atoms with E-state index in [4.69, 9.17) is 0 Å². The highest BCUT2D eigenvalue weighted by Gasteiger charge is 2.21. The molecule has 0 spiro atoms. The molecule has 0 aromatic heterocycles. The number of hydrogen-bond donors (Lipinski definition) is 0. The summed E-state index contributed by atoms with van der Waals surface area (Å²) >= 11 is 0. The first kappa shape index (κ1) is 14.0. The quantitative estimate of drug-likeness (QED) is 0.327. The van der Waals surface area contributed by atoms with Gasteiger partial charge in [0.2, 0.25) is 0 Å². The second-order valence-electron chi connectivity index (χ2n) is 3.90. The first-order valence-corrected chi connectivity index (χ1v) is 6.11. The number of carbonyl (C=O) groups is 1. The fraction of sp³-hybridized carbons (Fsp3) is 0.909. The number of rotatable bonds is 9. The van der Waals surface area contributed by atoms with Crippen LogP contribution in [-0.2, 0) is 4.79 Å². The summed E-state index contributed by atoms with van der Waals surface area (Å²) in [7, 11) is 2.33. The fourth-order valence-electron chi connectivity index (χ4n) is 1.42. The van der Waals surface area contributed by atoms with E-state index >= 15 is 0 Å². The number of alkyl halides is 1. The zero-order valence-electron chi connectivity index (χ0n) is 9.10. The number of unbranched alkanes of at least 4 members (excludes halogenated alkanes) is 4. The summed E-state index contributed by atoms with van der Waals surface area (Å²) in [6, 6.07) is 0. The molecule has 2 unspecified atom stereocenters. The lowest BCUT2D eigenvalue weighted by Gasteiger charge is -2.19. The minimum absolute atomic E-state index is 0.608. The minimum atomic E-state index is -1.07. The molecule has 0 heterocycles. The molecule has 0 fully saturated rings. The fourth-order valence-corrected chi connectivity index (χ4v) is 1.83. The maximum atomic E-state index is 13.7. The third-order valence-electron chi connectivity index (χ3n) is 2.36. The Balaban J connectivity index is 3.39. The van der Waals surface area contributed by atoms with E-state index in [0.717, 1.165) is 38.4 Å². The molecule has 0 aliphatic rings. The van der Waals surface area contributed by atoms with Gasteiger partial charge in [0.25, 0.3) is 0 Å². The van der Waals surface area contributed by atoms with Crippen LogP contribution >= 0.6 is 9.24 Å². The third-order valence-corrected chi connectivity index (χ3v) is 2.94. The van der Waals surface area contributed by atoms with E-state index in [1.165, 1.54) is 0 Å². The van der Waals surface area contributed by atoms with Gasteiger partial charge < -0.3 is 4.79 Å². The van der Waals surface area contributed by atoms with Crippen LogP contribution in [0.5, 0.6) is 0 Å². The first-order chi connectivity index (χ1) is 6.62. The van der Waals surface area contributed by atoms with E-state index in [-0.39, 0.29) is 0 Å². The van der Waals surface area contributed by atoms with Gasteiger partial charge in [0.1, 0.15) is 11.7 Å². The molecule has 0 aliphatic heterocycles. The van der Waals surface area contributed by atoms with Crippen molar-refractivity contribution in [2.24, 2.45) is 0 Å². The molecule has 0 bridgehead atoms. The molecular weight excluding hydrogens is 198 g/mol. The zero-order valence-corrected chi connectivity index (χ0v) is 10.3. The Kier molecular flexibility index (Phi) is 8.37. The standard InChI is InChI=1S/C11H22FOP/c1-2-3-8-11(12,14)9-6-4-5-7-10-13/h10H,2-9,14H2,1H3. The topological polar surface area (TPSA) is 17.1 Å². The molecule has 0 aromatic carbocycles. The van der Waals surface area contributed by atoms with Gasteiger partial charge in [0, 0.05) is 6.42 Å². The highest BCUT2D eigenvalue weighted by Crippen LogP contribution is 2.32. The maximum absolute atomic E-state index is 13.7. The number of aldehydes is 1. The normalized spacial score (nSPS) is 15.1. The van der Waals surface area contributed by atoms with E-state index in [2.05, 4.69) is 16.2 Å². The van der Waals surface area contributed by atoms with Crippen LogP contribution in [0.25, 0.3) is 0 Å². The second kappa shape index (κ2) is 8.35. The molecular formula is C11H22FOP. The van der Waals surface area contributed by atoms with Crippen molar-refractivity contribution in [1.29, 1.82) is 0 Å².